The number of aromatic hydroxyl groups is 4. The first-order valence-electron chi connectivity index (χ1n) is 15.2. The summed E-state index contributed by atoms with van der Waals surface area (Å²) in [6.45, 7) is -1.61. The molecule has 3 aromatic rings. The molecule has 51 heavy (non-hydrogen) atoms. The van der Waals surface area contributed by atoms with E-state index in [4.69, 9.17) is 32.8 Å². The molecule has 0 spiro atoms. The molecule has 6 bridgehead atoms. The monoisotopic (exact) mass is 725 g/mol. The van der Waals surface area contributed by atoms with Gasteiger partial charge >= 0.3 is 23.3 Å². The van der Waals surface area contributed by atoms with Crippen molar-refractivity contribution < 1.29 is 98.6 Å². The summed E-state index contributed by atoms with van der Waals surface area (Å²) >= 11 is 0. The van der Waals surface area contributed by atoms with Gasteiger partial charge in [0.25, 0.3) is 0 Å². The minimum atomic E-state index is -2.10. The van der Waals surface area contributed by atoms with Gasteiger partial charge in [-0.05, 0) is 0 Å². The van der Waals surface area contributed by atoms with Gasteiger partial charge in [-0.15, -0.1) is 0 Å². The minimum absolute atomic E-state index is 0.0768. The van der Waals surface area contributed by atoms with Gasteiger partial charge < -0.3 is 84.6 Å². The first-order chi connectivity index (χ1) is 24.1. The van der Waals surface area contributed by atoms with Crippen LogP contribution in [0.15, 0.2) is 34.7 Å². The molecule has 20 nitrogen and oxygen atoms in total. The van der Waals surface area contributed by atoms with E-state index in [0.29, 0.717) is 0 Å². The Kier molecular flexibility index (Phi) is 9.96. The summed E-state index contributed by atoms with van der Waals surface area (Å²) < 4.78 is 38.8. The number of carbonyl (C=O) groups excluding carboxylic acids is 2. The number of cyclic esters (lactones) is 2. The highest BCUT2D eigenvalue weighted by molar-refractivity contribution is 5.89. The third-order valence-corrected chi connectivity index (χ3v) is 8.39. The van der Waals surface area contributed by atoms with Crippen LogP contribution >= 0.6 is 0 Å². The Bertz CT molecular complexity index is 1780. The summed E-state index contributed by atoms with van der Waals surface area (Å²) in [5.74, 6) is -6.60. The van der Waals surface area contributed by atoms with Gasteiger partial charge in [-0.25, -0.2) is 9.21 Å². The van der Waals surface area contributed by atoms with Crippen molar-refractivity contribution in [3.05, 3.63) is 30.3 Å². The van der Waals surface area contributed by atoms with Gasteiger partial charge in [-0.1, -0.05) is 0 Å². The van der Waals surface area contributed by atoms with Crippen molar-refractivity contribution >= 4 is 22.9 Å². The number of aliphatic hydroxyl groups is 7. The van der Waals surface area contributed by atoms with E-state index in [2.05, 4.69) is 0 Å². The molecule has 11 atom stereocenters. The number of carbonyl (C=O) groups is 2. The fraction of sp³-hybridized carbons (Fsp3) is 0.452. The molecule has 5 unspecified atom stereocenters. The molecule has 0 saturated carbocycles. The van der Waals surface area contributed by atoms with E-state index in [0.717, 1.165) is 24.3 Å². The smallest absolute Gasteiger partial charge is 0.402 e. The molecule has 11 N–H and O–H groups in total. The van der Waals surface area contributed by atoms with Gasteiger partial charge in [-0.2, -0.15) is 0 Å². The molecule has 0 aliphatic carbocycles. The molecule has 0 radical (unpaired) electrons. The number of aliphatic hydroxyl groups excluding tert-OH is 7. The standard InChI is InChI=1S/C31H32O20/c32-10-3-15-11-5-17(28(47-15)9-1-12(33)21(37)13(34)2-9)49-31-27(43)24(40)22(38)18(50-31)7-45-20(36)6-14(35)29(44)46-8-19-23(39)25(41)26(42)30(51-19)48-16(11)4-10/h1-5,14,18-19,22-27,30-31,35,38-43H,6-8H2,(H3-,32,33,34,37)/p+1/t14?,18-,19-,22-,23?,24?,25?,26-,27-,30-,31?/m0/s1. The van der Waals surface area contributed by atoms with Crippen LogP contribution < -0.4 is 9.47 Å². The molecule has 2 saturated heterocycles. The van der Waals surface area contributed by atoms with Crippen molar-refractivity contribution in [3.63, 3.8) is 0 Å². The van der Waals surface area contributed by atoms with Crippen molar-refractivity contribution in [2.75, 3.05) is 13.2 Å². The topological polar surface area (TPSA) is 323 Å². The van der Waals surface area contributed by atoms with E-state index in [1.165, 1.54) is 6.07 Å². The van der Waals surface area contributed by atoms with Crippen LogP contribution in [0, 0.1) is 0 Å². The Morgan fingerprint density at radius 1 is 0.627 bits per heavy atom. The summed E-state index contributed by atoms with van der Waals surface area (Å²) in [7, 11) is 0. The van der Waals surface area contributed by atoms with Crippen LogP contribution in [0.4, 0.5) is 0 Å². The van der Waals surface area contributed by atoms with Gasteiger partial charge in [0.15, 0.2) is 23.4 Å². The van der Waals surface area contributed by atoms with E-state index < -0.39 is 128 Å². The highest BCUT2D eigenvalue weighted by atomic mass is 16.7. The van der Waals surface area contributed by atoms with Crippen molar-refractivity contribution in [1.29, 1.82) is 0 Å². The zero-order valence-corrected chi connectivity index (χ0v) is 26.0. The fourth-order valence-electron chi connectivity index (χ4n) is 5.58. The molecule has 2 fully saturated rings. The number of hydrogen-bond acceptors (Lipinski definition) is 19. The zero-order valence-electron chi connectivity index (χ0n) is 26.0. The van der Waals surface area contributed by atoms with Gasteiger partial charge in [-0.3, -0.25) is 4.79 Å². The van der Waals surface area contributed by atoms with Gasteiger partial charge in [0.05, 0.1) is 18.1 Å². The lowest BCUT2D eigenvalue weighted by Crippen LogP contribution is -2.60. The van der Waals surface area contributed by atoms with E-state index in [-0.39, 0.29) is 28.0 Å². The Hall–Kier alpha value is -4.77. The molecular formula is C31H33O20+. The second kappa shape index (κ2) is 14.1. The maximum Gasteiger partial charge on any atom is 0.402 e. The van der Waals surface area contributed by atoms with Crippen LogP contribution in [0.3, 0.4) is 0 Å². The van der Waals surface area contributed by atoms with Crippen LogP contribution in [0.1, 0.15) is 6.42 Å². The van der Waals surface area contributed by atoms with E-state index in [1.807, 2.05) is 0 Å². The summed E-state index contributed by atoms with van der Waals surface area (Å²) in [6, 6.07) is 5.20. The Balaban J connectivity index is 1.49. The fourth-order valence-corrected chi connectivity index (χ4v) is 5.58. The summed E-state index contributed by atoms with van der Waals surface area (Å²) in [5, 5.41) is 115. The van der Waals surface area contributed by atoms with Crippen LogP contribution in [0.25, 0.3) is 22.3 Å². The minimum Gasteiger partial charge on any atom is -0.507 e. The zero-order chi connectivity index (χ0) is 36.9. The molecule has 6 rings (SSSR count). The molecule has 3 aliphatic rings. The van der Waals surface area contributed by atoms with E-state index in [9.17, 15) is 65.8 Å². The number of benzene rings is 2. The normalized spacial score (nSPS) is 33.4. The van der Waals surface area contributed by atoms with Crippen molar-refractivity contribution in [2.45, 2.75) is 73.9 Å². The summed E-state index contributed by atoms with van der Waals surface area (Å²) in [6.07, 6.45) is -21.5. The number of esters is 2. The number of fused-ring (bicyclic) bond motifs is 5. The predicted molar refractivity (Wildman–Crippen MR) is 160 cm³/mol. The SMILES string of the molecule is O=C1CC(O)C(=O)OC[C@@H]2O[C@H](Oc3cc(O)cc4[o+]c(-c5cc(O)c(O)c(O)c5)c(cc34)OC3O[C@@H](CO1)[C@H](O)C(O)[C@@H]3O)[C@@H](O)C(O)C2O. The number of hydrogen-bond donors (Lipinski definition) is 11. The second-order valence-corrected chi connectivity index (χ2v) is 12.0. The highest BCUT2D eigenvalue weighted by Crippen LogP contribution is 2.45. The van der Waals surface area contributed by atoms with Crippen LogP contribution in [-0.2, 0) is 28.5 Å². The molecule has 20 heteroatoms. The maximum atomic E-state index is 12.4. The molecule has 1 aromatic heterocycles. The van der Waals surface area contributed by atoms with Crippen molar-refractivity contribution in [2.24, 2.45) is 0 Å². The molecular weight excluding hydrogens is 692 g/mol. The lowest BCUT2D eigenvalue weighted by atomic mass is 9.99. The van der Waals surface area contributed by atoms with Gasteiger partial charge in [0.1, 0.15) is 78.9 Å². The molecule has 276 valence electrons. The van der Waals surface area contributed by atoms with Crippen molar-refractivity contribution in [1.82, 2.24) is 0 Å². The molecule has 3 aliphatic heterocycles. The van der Waals surface area contributed by atoms with E-state index >= 15 is 0 Å². The lowest BCUT2D eigenvalue weighted by molar-refractivity contribution is -0.279. The number of phenolic OH excluding ortho intramolecular Hbond substituents is 4. The summed E-state index contributed by atoms with van der Waals surface area (Å²) in [5.41, 5.74) is -0.354. The van der Waals surface area contributed by atoms with Crippen molar-refractivity contribution in [3.8, 4) is 45.8 Å². The lowest BCUT2D eigenvalue weighted by Gasteiger charge is -2.40. The third-order valence-electron chi connectivity index (χ3n) is 8.39. The number of ether oxygens (including phenoxy) is 6. The maximum absolute atomic E-state index is 12.4. The quantitative estimate of drug-likeness (QED) is 0.0697. The van der Waals surface area contributed by atoms with E-state index in [1.54, 1.807) is 0 Å². The Labute approximate surface area is 285 Å². The van der Waals surface area contributed by atoms with Crippen LogP contribution in [0.2, 0.25) is 0 Å². The van der Waals surface area contributed by atoms with Crippen LogP contribution in [0.5, 0.6) is 34.5 Å². The Morgan fingerprint density at radius 2 is 1.18 bits per heavy atom. The third kappa shape index (κ3) is 7.08. The second-order valence-electron chi connectivity index (χ2n) is 12.0. The molecule has 2 aromatic carbocycles. The largest absolute Gasteiger partial charge is 0.507 e. The number of phenols is 4. The van der Waals surface area contributed by atoms with Crippen LogP contribution in [-0.4, -0.2) is 149 Å². The van der Waals surface area contributed by atoms with Gasteiger partial charge in [0, 0.05) is 24.3 Å². The number of rotatable bonds is 1. The highest BCUT2D eigenvalue weighted by Gasteiger charge is 2.48. The molecule has 4 heterocycles. The summed E-state index contributed by atoms with van der Waals surface area (Å²) in [4.78, 5) is 24.9. The average Bonchev–Trinajstić information content (AvgIpc) is 3.09. The average molecular weight is 726 g/mol. The Morgan fingerprint density at radius 3 is 1.76 bits per heavy atom. The molecule has 0 amide bonds. The first-order valence-corrected chi connectivity index (χ1v) is 15.2. The first kappa shape index (κ1) is 36.0. The predicted octanol–water partition coefficient (Wildman–Crippen LogP) is -2.57. The van der Waals surface area contributed by atoms with Gasteiger partial charge in [0.2, 0.25) is 18.3 Å².